The second-order valence-electron chi connectivity index (χ2n) is 17.6. The highest BCUT2D eigenvalue weighted by Gasteiger charge is 2.50. The molecule has 1 aromatic carbocycles. The molecule has 2 heterocycles. The zero-order valence-corrected chi connectivity index (χ0v) is 31.2. The first-order chi connectivity index (χ1) is 20.9. The molecule has 250 valence electrons. The van der Waals surface area contributed by atoms with Gasteiger partial charge >= 0.3 is 0 Å². The van der Waals surface area contributed by atoms with Gasteiger partial charge in [-0.2, -0.15) is 0 Å². The van der Waals surface area contributed by atoms with Gasteiger partial charge in [-0.25, -0.2) is 4.98 Å². The predicted octanol–water partition coefficient (Wildman–Crippen LogP) is 10.9. The lowest BCUT2D eigenvalue weighted by Crippen LogP contribution is -2.52. The van der Waals surface area contributed by atoms with Crippen molar-refractivity contribution in [3.05, 3.63) is 41.0 Å². The number of amides is 1. The van der Waals surface area contributed by atoms with Gasteiger partial charge in [-0.15, -0.1) is 11.3 Å². The number of rotatable bonds is 7. The average molecular weight is 635 g/mol. The fourth-order valence-corrected chi connectivity index (χ4v) is 9.60. The van der Waals surface area contributed by atoms with Crippen molar-refractivity contribution in [3.63, 3.8) is 0 Å². The molecule has 2 aliphatic rings. The quantitative estimate of drug-likeness (QED) is 0.304. The molecule has 1 saturated carbocycles. The van der Waals surface area contributed by atoms with E-state index in [2.05, 4.69) is 98.5 Å². The lowest BCUT2D eigenvalue weighted by Gasteiger charge is -2.47. The zero-order chi connectivity index (χ0) is 33.4. The minimum Gasteiger partial charge on any atom is -0.332 e. The standard InChI is InChI=1S/C40H62N2O2S/c1-27-23-32(33(43)24-28(2)30-15-17-31(18-16-30)34-29(3)41-26-45-34)42(25-27)36(44)35(37(4,5)6)39(10)19-12-13-21-40(11,22-14-20-39)38(7,8)9/h15-18,26-28,32,35H,12-14,19-25H2,1-11H3/t27-,28-,32+,35?,39?,40?/m1/s1. The second-order valence-corrected chi connectivity index (χ2v) is 18.5. The largest absolute Gasteiger partial charge is 0.332 e. The molecule has 2 fully saturated rings. The van der Waals surface area contributed by atoms with Crippen LogP contribution in [0, 0.1) is 40.4 Å². The first-order valence-corrected chi connectivity index (χ1v) is 18.6. The lowest BCUT2D eigenvalue weighted by atomic mass is 9.60. The fraction of sp³-hybridized carbons (Fsp3) is 0.725. The molecular weight excluding hydrogens is 573 g/mol. The molecule has 2 aromatic rings. The summed E-state index contributed by atoms with van der Waals surface area (Å²) in [6.07, 6.45) is 9.40. The van der Waals surface area contributed by atoms with Gasteiger partial charge in [0, 0.05) is 18.9 Å². The molecule has 0 bridgehead atoms. The molecule has 4 rings (SSSR count). The summed E-state index contributed by atoms with van der Waals surface area (Å²) >= 11 is 1.66. The van der Waals surface area contributed by atoms with E-state index in [1.165, 1.54) is 41.7 Å². The highest BCUT2D eigenvalue weighted by atomic mass is 32.1. The summed E-state index contributed by atoms with van der Waals surface area (Å²) in [6, 6.07) is 8.30. The van der Waals surface area contributed by atoms with Gasteiger partial charge in [0.15, 0.2) is 5.78 Å². The maximum Gasteiger partial charge on any atom is 0.227 e. The molecule has 1 aliphatic heterocycles. The van der Waals surface area contributed by atoms with Crippen molar-refractivity contribution in [2.45, 2.75) is 146 Å². The van der Waals surface area contributed by atoms with Crippen molar-refractivity contribution in [3.8, 4) is 10.4 Å². The van der Waals surface area contributed by atoms with Gasteiger partial charge in [-0.3, -0.25) is 9.59 Å². The highest BCUT2D eigenvalue weighted by Crippen LogP contribution is 2.53. The van der Waals surface area contributed by atoms with Crippen LogP contribution >= 0.6 is 11.3 Å². The Morgan fingerprint density at radius 2 is 1.58 bits per heavy atom. The van der Waals surface area contributed by atoms with Crippen LogP contribution in [0.5, 0.6) is 0 Å². The molecule has 0 N–H and O–H groups in total. The maximum absolute atomic E-state index is 14.8. The number of likely N-dealkylation sites (tertiary alicyclic amines) is 1. The van der Waals surface area contributed by atoms with Crippen molar-refractivity contribution in [2.24, 2.45) is 33.5 Å². The number of thiazole rings is 1. The van der Waals surface area contributed by atoms with Crippen molar-refractivity contribution in [1.82, 2.24) is 9.88 Å². The Morgan fingerprint density at radius 3 is 2.16 bits per heavy atom. The number of ketones is 1. The van der Waals surface area contributed by atoms with Crippen molar-refractivity contribution in [1.29, 1.82) is 0 Å². The number of carbonyl (C=O) groups excluding carboxylic acids is 2. The summed E-state index contributed by atoms with van der Waals surface area (Å²) in [6.45, 7) is 25.9. The van der Waals surface area contributed by atoms with Crippen LogP contribution in [-0.4, -0.2) is 34.2 Å². The SMILES string of the molecule is Cc1ncsc1-c1ccc([C@H](C)CC(=O)[C@@H]2C[C@@H](C)CN2C(=O)C(C(C)(C)C)C2(C)CCCCC(C)(C(C)(C)C)CCC2)cc1. The second kappa shape index (κ2) is 13.6. The summed E-state index contributed by atoms with van der Waals surface area (Å²) in [7, 11) is 0. The van der Waals surface area contributed by atoms with E-state index in [1.807, 2.05) is 17.3 Å². The monoisotopic (exact) mass is 634 g/mol. The number of hydrogen-bond acceptors (Lipinski definition) is 4. The third kappa shape index (κ3) is 7.94. The van der Waals surface area contributed by atoms with E-state index in [0.717, 1.165) is 31.4 Å². The molecule has 4 nitrogen and oxygen atoms in total. The third-order valence-electron chi connectivity index (χ3n) is 12.0. The van der Waals surface area contributed by atoms with E-state index in [9.17, 15) is 9.59 Å². The van der Waals surface area contributed by atoms with Crippen LogP contribution in [-0.2, 0) is 9.59 Å². The van der Waals surface area contributed by atoms with Crippen LogP contribution in [0.2, 0.25) is 0 Å². The van der Waals surface area contributed by atoms with Gasteiger partial charge in [-0.1, -0.05) is 113 Å². The number of benzene rings is 1. The molecule has 1 aliphatic carbocycles. The van der Waals surface area contributed by atoms with Crippen LogP contribution in [0.25, 0.3) is 10.4 Å². The van der Waals surface area contributed by atoms with Crippen LogP contribution in [0.4, 0.5) is 0 Å². The first kappa shape index (κ1) is 35.8. The summed E-state index contributed by atoms with van der Waals surface area (Å²) in [4.78, 5) is 36.5. The van der Waals surface area contributed by atoms with Crippen molar-refractivity contribution < 1.29 is 9.59 Å². The number of aromatic nitrogens is 1. The lowest BCUT2D eigenvalue weighted by molar-refractivity contribution is -0.150. The van der Waals surface area contributed by atoms with Gasteiger partial charge in [0.1, 0.15) is 0 Å². The molecular formula is C40H62N2O2S. The molecule has 3 unspecified atom stereocenters. The number of aryl methyl sites for hydroxylation is 1. The minimum atomic E-state index is -0.317. The third-order valence-corrected chi connectivity index (χ3v) is 13.0. The van der Waals surface area contributed by atoms with Crippen LogP contribution < -0.4 is 0 Å². The van der Waals surface area contributed by atoms with Gasteiger partial charge < -0.3 is 4.90 Å². The Balaban J connectivity index is 1.52. The Morgan fingerprint density at radius 1 is 0.978 bits per heavy atom. The Hall–Kier alpha value is -2.01. The molecule has 0 spiro atoms. The summed E-state index contributed by atoms with van der Waals surface area (Å²) < 4.78 is 0. The molecule has 1 saturated heterocycles. The summed E-state index contributed by atoms with van der Waals surface area (Å²) in [5.41, 5.74) is 5.61. The van der Waals surface area contributed by atoms with Gasteiger partial charge in [0.05, 0.1) is 22.1 Å². The fourth-order valence-electron chi connectivity index (χ4n) is 8.79. The average Bonchev–Trinajstić information content (AvgIpc) is 3.56. The summed E-state index contributed by atoms with van der Waals surface area (Å²) in [5.74, 6) is 0.772. The van der Waals surface area contributed by atoms with E-state index < -0.39 is 0 Å². The number of hydrogen-bond donors (Lipinski definition) is 0. The smallest absolute Gasteiger partial charge is 0.227 e. The molecule has 0 radical (unpaired) electrons. The molecule has 45 heavy (non-hydrogen) atoms. The van der Waals surface area contributed by atoms with E-state index >= 15 is 0 Å². The number of Topliss-reactive ketones (excluding diaryl/α,β-unsaturated/α-hetero) is 1. The van der Waals surface area contributed by atoms with Crippen molar-refractivity contribution >= 4 is 23.0 Å². The first-order valence-electron chi connectivity index (χ1n) is 17.7. The highest BCUT2D eigenvalue weighted by molar-refractivity contribution is 7.13. The maximum atomic E-state index is 14.8. The van der Waals surface area contributed by atoms with Gasteiger partial charge in [0.25, 0.3) is 0 Å². The van der Waals surface area contributed by atoms with Crippen LogP contribution in [0.15, 0.2) is 29.8 Å². The number of carbonyl (C=O) groups is 2. The normalized spacial score (nSPS) is 28.2. The molecule has 1 aromatic heterocycles. The topological polar surface area (TPSA) is 50.3 Å². The zero-order valence-electron chi connectivity index (χ0n) is 30.4. The number of nitrogens with zero attached hydrogens (tertiary/aromatic N) is 2. The molecule has 5 heteroatoms. The Kier molecular flexibility index (Phi) is 10.8. The van der Waals surface area contributed by atoms with E-state index in [1.54, 1.807) is 11.3 Å². The predicted molar refractivity (Wildman–Crippen MR) is 191 cm³/mol. The van der Waals surface area contributed by atoms with E-state index in [4.69, 9.17) is 0 Å². The molecule has 6 atom stereocenters. The van der Waals surface area contributed by atoms with Crippen molar-refractivity contribution in [2.75, 3.05) is 6.54 Å². The van der Waals surface area contributed by atoms with Gasteiger partial charge in [0.2, 0.25) is 5.91 Å². The van der Waals surface area contributed by atoms with Gasteiger partial charge in [-0.05, 0) is 83.7 Å². The van der Waals surface area contributed by atoms with E-state index in [-0.39, 0.29) is 45.8 Å². The minimum absolute atomic E-state index is 0.0800. The van der Waals surface area contributed by atoms with Crippen LogP contribution in [0.3, 0.4) is 0 Å². The van der Waals surface area contributed by atoms with Crippen LogP contribution in [0.1, 0.15) is 144 Å². The Bertz CT molecular complexity index is 1310. The molecule has 1 amide bonds. The summed E-state index contributed by atoms with van der Waals surface area (Å²) in [5, 5.41) is 0. The Labute approximate surface area is 279 Å². The van der Waals surface area contributed by atoms with E-state index in [0.29, 0.717) is 24.3 Å².